The van der Waals surface area contributed by atoms with Gasteiger partial charge in [-0.05, 0) is 66.4 Å². The van der Waals surface area contributed by atoms with Gasteiger partial charge in [-0.3, -0.25) is 4.57 Å². The average Bonchev–Trinajstić information content (AvgIpc) is 2.67. The van der Waals surface area contributed by atoms with Crippen LogP contribution < -0.4 is 14.6 Å². The summed E-state index contributed by atoms with van der Waals surface area (Å²) >= 11 is 5.40. The van der Waals surface area contributed by atoms with E-state index in [0.717, 1.165) is 11.3 Å². The summed E-state index contributed by atoms with van der Waals surface area (Å²) in [4.78, 5) is 18.8. The minimum Gasteiger partial charge on any atom is -0.497 e. The first-order valence-corrected chi connectivity index (χ1v) is 12.4. The summed E-state index contributed by atoms with van der Waals surface area (Å²) in [5.41, 5.74) is 1.37. The molecule has 0 aliphatic heterocycles. The Balaban J connectivity index is 1.99. The standard InChI is InChI=1S/C17H23N3O5P2S/c1-18-17(27(21,22)23)14-6-10-16(11-7-14)25-26(28)20(2)19-12-13-4-8-15(24-3)9-5-13/h4-12,17-18,26H,1-3H3,(H2,21,22,23)/b19-12+. The van der Waals surface area contributed by atoms with Crippen LogP contribution in [0.5, 0.6) is 11.5 Å². The minimum absolute atomic E-state index is 0.465. The van der Waals surface area contributed by atoms with Gasteiger partial charge in [0, 0.05) is 7.05 Å². The second-order valence-corrected chi connectivity index (χ2v) is 9.88. The van der Waals surface area contributed by atoms with Crippen LogP contribution in [0.15, 0.2) is 53.6 Å². The van der Waals surface area contributed by atoms with Gasteiger partial charge in [-0.25, -0.2) is 4.78 Å². The summed E-state index contributed by atoms with van der Waals surface area (Å²) in [6.45, 7) is 0. The van der Waals surface area contributed by atoms with Crippen molar-refractivity contribution in [1.82, 2.24) is 10.1 Å². The summed E-state index contributed by atoms with van der Waals surface area (Å²) < 4.78 is 24.0. The van der Waals surface area contributed by atoms with Gasteiger partial charge in [0.1, 0.15) is 17.3 Å². The zero-order valence-electron chi connectivity index (χ0n) is 15.6. The van der Waals surface area contributed by atoms with Gasteiger partial charge in [0.2, 0.25) is 7.07 Å². The highest BCUT2D eigenvalue weighted by atomic mass is 32.4. The predicted molar refractivity (Wildman–Crippen MR) is 115 cm³/mol. The van der Waals surface area contributed by atoms with Crippen molar-refractivity contribution in [3.8, 4) is 11.5 Å². The Hall–Kier alpha value is -1.73. The van der Waals surface area contributed by atoms with Crippen molar-refractivity contribution in [3.05, 3.63) is 59.7 Å². The third-order valence-corrected chi connectivity index (χ3v) is 7.10. The first kappa shape index (κ1) is 22.6. The van der Waals surface area contributed by atoms with Gasteiger partial charge in [-0.15, -0.1) is 0 Å². The van der Waals surface area contributed by atoms with Crippen LogP contribution in [-0.4, -0.2) is 42.0 Å². The van der Waals surface area contributed by atoms with Crippen molar-refractivity contribution in [2.45, 2.75) is 5.78 Å². The summed E-state index contributed by atoms with van der Waals surface area (Å²) in [7, 11) is -1.30. The number of hydrazone groups is 1. The second kappa shape index (κ2) is 10.2. The molecule has 2 aromatic rings. The third-order valence-electron chi connectivity index (χ3n) is 3.77. The normalized spacial score (nSPS) is 13.9. The molecule has 0 spiro atoms. The fourth-order valence-electron chi connectivity index (χ4n) is 2.30. The van der Waals surface area contributed by atoms with Crippen LogP contribution in [0, 0.1) is 0 Å². The summed E-state index contributed by atoms with van der Waals surface area (Å²) in [5, 5.41) is 6.93. The van der Waals surface area contributed by atoms with E-state index in [1.807, 2.05) is 24.3 Å². The number of nitrogens with one attached hydrogen (secondary N) is 1. The maximum atomic E-state index is 11.5. The lowest BCUT2D eigenvalue weighted by Crippen LogP contribution is -2.16. The Labute approximate surface area is 169 Å². The highest BCUT2D eigenvalue weighted by Crippen LogP contribution is 2.49. The molecule has 152 valence electrons. The molecule has 8 nitrogen and oxygen atoms in total. The van der Waals surface area contributed by atoms with Crippen LogP contribution in [0.4, 0.5) is 0 Å². The van der Waals surface area contributed by atoms with Crippen molar-refractivity contribution >= 4 is 32.7 Å². The molecule has 0 aliphatic carbocycles. The van der Waals surface area contributed by atoms with E-state index >= 15 is 0 Å². The molecule has 0 aliphatic rings. The molecule has 0 saturated carbocycles. The number of hydrogen-bond acceptors (Lipinski definition) is 6. The van der Waals surface area contributed by atoms with Crippen LogP contribution in [0.25, 0.3) is 0 Å². The van der Waals surface area contributed by atoms with Crippen molar-refractivity contribution in [2.75, 3.05) is 21.2 Å². The van der Waals surface area contributed by atoms with Gasteiger partial charge in [0.15, 0.2) is 0 Å². The van der Waals surface area contributed by atoms with Crippen molar-refractivity contribution in [2.24, 2.45) is 5.10 Å². The van der Waals surface area contributed by atoms with Gasteiger partial charge in [-0.2, -0.15) is 5.10 Å². The van der Waals surface area contributed by atoms with E-state index in [1.54, 1.807) is 49.4 Å². The van der Waals surface area contributed by atoms with E-state index < -0.39 is 20.5 Å². The van der Waals surface area contributed by atoms with E-state index in [-0.39, 0.29) is 0 Å². The summed E-state index contributed by atoms with van der Waals surface area (Å²) in [5.74, 6) is 0.218. The van der Waals surface area contributed by atoms with E-state index in [0.29, 0.717) is 11.3 Å². The summed E-state index contributed by atoms with van der Waals surface area (Å²) in [6.07, 6.45) is 1.68. The Morgan fingerprint density at radius 2 is 1.75 bits per heavy atom. The SMILES string of the molecule is CNC(c1ccc(O[PH](=S)N(C)/N=C/c2ccc(OC)cc2)cc1)P(=O)(O)O. The molecule has 3 N–H and O–H groups in total. The number of hydrogen-bond donors (Lipinski definition) is 3. The molecule has 0 radical (unpaired) electrons. The fourth-order valence-corrected chi connectivity index (χ4v) is 4.25. The molecule has 2 unspecified atom stereocenters. The molecule has 11 heteroatoms. The second-order valence-electron chi connectivity index (χ2n) is 5.76. The maximum absolute atomic E-state index is 11.5. The largest absolute Gasteiger partial charge is 0.497 e. The molecule has 28 heavy (non-hydrogen) atoms. The van der Waals surface area contributed by atoms with Gasteiger partial charge in [0.05, 0.1) is 13.3 Å². The number of methoxy groups -OCH3 is 1. The van der Waals surface area contributed by atoms with E-state index in [1.165, 1.54) is 7.05 Å². The molecule has 0 amide bonds. The van der Waals surface area contributed by atoms with Crippen LogP contribution in [0.2, 0.25) is 0 Å². The first-order chi connectivity index (χ1) is 13.2. The highest BCUT2D eigenvalue weighted by Gasteiger charge is 2.28. The number of nitrogens with zero attached hydrogens (tertiary/aromatic N) is 2. The van der Waals surface area contributed by atoms with Crippen LogP contribution in [0.1, 0.15) is 16.9 Å². The maximum Gasteiger partial charge on any atom is 0.346 e. The molecule has 0 saturated heterocycles. The van der Waals surface area contributed by atoms with E-state index in [4.69, 9.17) is 21.1 Å². The van der Waals surface area contributed by atoms with Gasteiger partial charge in [-0.1, -0.05) is 12.1 Å². The lowest BCUT2D eigenvalue weighted by molar-refractivity contribution is 0.351. The van der Waals surface area contributed by atoms with Crippen molar-refractivity contribution < 1.29 is 23.6 Å². The van der Waals surface area contributed by atoms with Crippen molar-refractivity contribution in [1.29, 1.82) is 0 Å². The predicted octanol–water partition coefficient (Wildman–Crippen LogP) is 2.94. The number of benzene rings is 2. The third kappa shape index (κ3) is 6.41. The van der Waals surface area contributed by atoms with Gasteiger partial charge < -0.3 is 24.4 Å². The Kier molecular flexibility index (Phi) is 8.19. The molecule has 0 bridgehead atoms. The molecular formula is C17H23N3O5P2S. The molecule has 0 heterocycles. The topological polar surface area (TPSA) is 104 Å². The minimum atomic E-state index is -4.30. The monoisotopic (exact) mass is 443 g/mol. The first-order valence-electron chi connectivity index (χ1n) is 8.20. The molecule has 2 atom stereocenters. The quantitative estimate of drug-likeness (QED) is 0.309. The van der Waals surface area contributed by atoms with Crippen LogP contribution in [0.3, 0.4) is 0 Å². The number of rotatable bonds is 9. The fraction of sp³-hybridized carbons (Fsp3) is 0.235. The average molecular weight is 443 g/mol. The Morgan fingerprint density at radius 3 is 2.25 bits per heavy atom. The van der Waals surface area contributed by atoms with Gasteiger partial charge in [0.25, 0.3) is 0 Å². The lowest BCUT2D eigenvalue weighted by atomic mass is 10.2. The molecule has 0 aromatic heterocycles. The lowest BCUT2D eigenvalue weighted by Gasteiger charge is -2.19. The Bertz CT molecular complexity index is 871. The number of ether oxygens (including phenoxy) is 1. The molecule has 2 aromatic carbocycles. The molecule has 2 rings (SSSR count). The van der Waals surface area contributed by atoms with E-state index in [9.17, 15) is 14.4 Å². The van der Waals surface area contributed by atoms with Crippen LogP contribution in [-0.2, 0) is 16.4 Å². The zero-order valence-corrected chi connectivity index (χ0v) is 18.4. The van der Waals surface area contributed by atoms with Crippen LogP contribution >= 0.6 is 14.7 Å². The highest BCUT2D eigenvalue weighted by molar-refractivity contribution is 8.02. The van der Waals surface area contributed by atoms with E-state index in [2.05, 4.69) is 10.4 Å². The zero-order chi connectivity index (χ0) is 20.7. The van der Waals surface area contributed by atoms with Crippen molar-refractivity contribution in [3.63, 3.8) is 0 Å². The smallest absolute Gasteiger partial charge is 0.346 e. The summed E-state index contributed by atoms with van der Waals surface area (Å²) in [6, 6.07) is 13.9. The molecule has 0 fully saturated rings. The Morgan fingerprint density at radius 1 is 1.18 bits per heavy atom. The molecular weight excluding hydrogens is 420 g/mol. The van der Waals surface area contributed by atoms with Gasteiger partial charge >= 0.3 is 7.60 Å².